The van der Waals surface area contributed by atoms with E-state index in [1.54, 1.807) is 24.3 Å². The highest BCUT2D eigenvalue weighted by Gasteiger charge is 2.38. The molecule has 1 aliphatic carbocycles. The van der Waals surface area contributed by atoms with Crippen LogP contribution in [-0.4, -0.2) is 52.6 Å². The van der Waals surface area contributed by atoms with E-state index >= 15 is 0 Å². The number of nitrogens with zero attached hydrogens (tertiary/aromatic N) is 1. The number of hydrogen-bond acceptors (Lipinski definition) is 6. The Kier molecular flexibility index (Phi) is 11.9. The van der Waals surface area contributed by atoms with Gasteiger partial charge in [0.05, 0.1) is 0 Å². The highest BCUT2D eigenvalue weighted by molar-refractivity contribution is 6.08. The van der Waals surface area contributed by atoms with E-state index < -0.39 is 36.5 Å². The number of nitrogens with two attached hydrogens (primary N) is 3. The number of aliphatic carboxylic acids is 2. The number of rotatable bonds is 7. The molecule has 8 N–H and O–H groups in total. The van der Waals surface area contributed by atoms with Gasteiger partial charge in [-0.3, -0.25) is 24.1 Å². The van der Waals surface area contributed by atoms with Crippen LogP contribution in [0.25, 0.3) is 0 Å². The third-order valence-electron chi connectivity index (χ3n) is 6.04. The summed E-state index contributed by atoms with van der Waals surface area (Å²) < 4.78 is 31.7. The fourth-order valence-electron chi connectivity index (χ4n) is 3.93. The predicted molar refractivity (Wildman–Crippen MR) is 149 cm³/mol. The Morgan fingerprint density at radius 3 is 1.84 bits per heavy atom. The second-order valence-electron chi connectivity index (χ2n) is 9.10. The Balaban J connectivity index is 0.000000279. The van der Waals surface area contributed by atoms with Gasteiger partial charge in [0.1, 0.15) is 6.54 Å². The van der Waals surface area contributed by atoms with Crippen molar-refractivity contribution in [3.8, 4) is 0 Å². The zero-order valence-corrected chi connectivity index (χ0v) is 22.6. The lowest BCUT2D eigenvalue weighted by atomic mass is 10.1. The SMILES string of the molecule is NC(=O)c1ccc2c(c1)CCC2.NCc1cccc(C(=O)N(CC(=O)O)c2ccc(C(N)=O)cc2)c1.O=C(O)C(F)(F)F. The van der Waals surface area contributed by atoms with Crippen LogP contribution in [0.4, 0.5) is 18.9 Å². The van der Waals surface area contributed by atoms with E-state index in [0.29, 0.717) is 16.8 Å². The van der Waals surface area contributed by atoms with E-state index in [2.05, 4.69) is 0 Å². The van der Waals surface area contributed by atoms with Crippen LogP contribution in [0.5, 0.6) is 0 Å². The minimum absolute atomic E-state index is 0.270. The molecule has 11 nitrogen and oxygen atoms in total. The fourth-order valence-corrected chi connectivity index (χ4v) is 3.93. The van der Waals surface area contributed by atoms with Crippen molar-refractivity contribution in [1.29, 1.82) is 0 Å². The van der Waals surface area contributed by atoms with E-state index in [-0.39, 0.29) is 18.0 Å². The van der Waals surface area contributed by atoms with Gasteiger partial charge in [-0.1, -0.05) is 18.2 Å². The summed E-state index contributed by atoms with van der Waals surface area (Å²) in [7, 11) is 0. The van der Waals surface area contributed by atoms with Crippen molar-refractivity contribution in [2.75, 3.05) is 11.4 Å². The van der Waals surface area contributed by atoms with E-state index in [9.17, 15) is 32.3 Å². The molecule has 0 unspecified atom stereocenters. The summed E-state index contributed by atoms with van der Waals surface area (Å²) in [6.07, 6.45) is -1.64. The largest absolute Gasteiger partial charge is 0.490 e. The second kappa shape index (κ2) is 15.1. The normalized spacial score (nSPS) is 11.5. The zero-order chi connectivity index (χ0) is 32.3. The quantitative estimate of drug-likeness (QED) is 0.271. The summed E-state index contributed by atoms with van der Waals surface area (Å²) in [5, 5.41) is 16.2. The number of carbonyl (C=O) groups is 5. The van der Waals surface area contributed by atoms with E-state index in [1.165, 1.54) is 41.8 Å². The summed E-state index contributed by atoms with van der Waals surface area (Å²) in [5.74, 6) is -5.32. The van der Waals surface area contributed by atoms with Gasteiger partial charge in [-0.05, 0) is 84.5 Å². The van der Waals surface area contributed by atoms with Crippen LogP contribution in [-0.2, 0) is 29.0 Å². The number of halogens is 3. The number of amides is 3. The minimum atomic E-state index is -5.08. The molecule has 0 radical (unpaired) electrons. The Bertz CT molecular complexity index is 1490. The molecule has 0 heterocycles. The summed E-state index contributed by atoms with van der Waals surface area (Å²) in [6.45, 7) is -0.241. The average Bonchev–Trinajstić information content (AvgIpc) is 3.44. The number of carbonyl (C=O) groups excluding carboxylic acids is 3. The molecule has 0 saturated carbocycles. The van der Waals surface area contributed by atoms with Gasteiger partial charge in [0, 0.05) is 28.9 Å². The molecular weight excluding hydrogens is 573 g/mol. The van der Waals surface area contributed by atoms with Gasteiger partial charge in [-0.15, -0.1) is 0 Å². The van der Waals surface area contributed by atoms with Crippen molar-refractivity contribution in [2.24, 2.45) is 17.2 Å². The molecule has 0 aliphatic heterocycles. The lowest BCUT2D eigenvalue weighted by Gasteiger charge is -2.21. The molecule has 0 aromatic heterocycles. The molecule has 1 aliphatic rings. The lowest BCUT2D eigenvalue weighted by Crippen LogP contribution is -2.35. The van der Waals surface area contributed by atoms with Crippen LogP contribution in [0.15, 0.2) is 66.7 Å². The number of primary amides is 2. The number of benzene rings is 3. The van der Waals surface area contributed by atoms with Crippen molar-refractivity contribution >= 4 is 35.3 Å². The third-order valence-corrected chi connectivity index (χ3v) is 6.04. The summed E-state index contributed by atoms with van der Waals surface area (Å²) in [5.41, 5.74) is 20.9. The molecule has 3 aromatic rings. The van der Waals surface area contributed by atoms with Gasteiger partial charge in [-0.2, -0.15) is 13.2 Å². The molecule has 3 amide bonds. The first-order valence-electron chi connectivity index (χ1n) is 12.6. The maximum atomic E-state index is 12.7. The predicted octanol–water partition coefficient (Wildman–Crippen LogP) is 2.88. The topological polar surface area (TPSA) is 207 Å². The Morgan fingerprint density at radius 2 is 1.33 bits per heavy atom. The molecule has 4 rings (SSSR count). The zero-order valence-electron chi connectivity index (χ0n) is 22.6. The molecule has 43 heavy (non-hydrogen) atoms. The Morgan fingerprint density at radius 1 is 0.767 bits per heavy atom. The molecule has 0 fully saturated rings. The van der Waals surface area contributed by atoms with Crippen LogP contribution >= 0.6 is 0 Å². The number of aryl methyl sites for hydroxylation is 2. The van der Waals surface area contributed by atoms with Crippen LogP contribution < -0.4 is 22.1 Å². The average molecular weight is 603 g/mol. The number of anilines is 1. The molecular formula is C29H29F3N4O7. The molecule has 0 spiro atoms. The molecule has 0 saturated heterocycles. The molecule has 228 valence electrons. The summed E-state index contributed by atoms with van der Waals surface area (Å²) >= 11 is 0. The van der Waals surface area contributed by atoms with Crippen molar-refractivity contribution in [2.45, 2.75) is 32.0 Å². The first-order chi connectivity index (χ1) is 20.1. The Hall–Kier alpha value is -5.24. The molecule has 14 heteroatoms. The highest BCUT2D eigenvalue weighted by Crippen LogP contribution is 2.22. The van der Waals surface area contributed by atoms with E-state index in [1.807, 2.05) is 18.2 Å². The van der Waals surface area contributed by atoms with Crippen LogP contribution in [0.3, 0.4) is 0 Å². The minimum Gasteiger partial charge on any atom is -0.480 e. The maximum absolute atomic E-state index is 12.7. The first kappa shape index (κ1) is 34.0. The second-order valence-corrected chi connectivity index (χ2v) is 9.10. The van der Waals surface area contributed by atoms with Crippen molar-refractivity contribution in [1.82, 2.24) is 0 Å². The molecule has 0 bridgehead atoms. The van der Waals surface area contributed by atoms with Crippen LogP contribution in [0.2, 0.25) is 0 Å². The Labute approximate surface area is 243 Å². The van der Waals surface area contributed by atoms with Crippen molar-refractivity contribution in [3.63, 3.8) is 0 Å². The van der Waals surface area contributed by atoms with Crippen molar-refractivity contribution < 1.29 is 47.4 Å². The summed E-state index contributed by atoms with van der Waals surface area (Å²) in [6, 6.07) is 18.3. The van der Waals surface area contributed by atoms with E-state index in [4.69, 9.17) is 32.2 Å². The monoisotopic (exact) mass is 602 g/mol. The summed E-state index contributed by atoms with van der Waals surface area (Å²) in [4.78, 5) is 55.8. The first-order valence-corrected chi connectivity index (χ1v) is 12.6. The van der Waals surface area contributed by atoms with E-state index in [0.717, 1.165) is 23.3 Å². The van der Waals surface area contributed by atoms with Crippen LogP contribution in [0, 0.1) is 0 Å². The van der Waals surface area contributed by atoms with Crippen molar-refractivity contribution in [3.05, 3.63) is 100 Å². The lowest BCUT2D eigenvalue weighted by molar-refractivity contribution is -0.192. The molecule has 3 aromatic carbocycles. The highest BCUT2D eigenvalue weighted by atomic mass is 19.4. The third kappa shape index (κ3) is 10.3. The number of alkyl halides is 3. The number of hydrogen-bond donors (Lipinski definition) is 5. The van der Waals surface area contributed by atoms with Gasteiger partial charge in [0.25, 0.3) is 5.91 Å². The van der Waals surface area contributed by atoms with Gasteiger partial charge in [0.15, 0.2) is 0 Å². The number of fused-ring (bicyclic) bond motifs is 1. The fraction of sp³-hybridized carbons (Fsp3) is 0.207. The standard InChI is InChI=1S/C17H17N3O4.C10H11NO.C2HF3O2/c18-9-11-2-1-3-13(8-11)17(24)20(10-15(21)22)14-6-4-12(5-7-14)16(19)23;11-10(12)9-5-4-7-2-1-3-8(7)6-9;3-2(4,5)1(6)7/h1-8H,9-10,18H2,(H2,19,23)(H,21,22);4-6H,1-3H2,(H2,11,12);(H,6,7). The smallest absolute Gasteiger partial charge is 0.480 e. The molecule has 0 atom stereocenters. The van der Waals surface area contributed by atoms with Gasteiger partial charge >= 0.3 is 18.1 Å². The van der Waals surface area contributed by atoms with Crippen LogP contribution in [0.1, 0.15) is 54.2 Å². The van der Waals surface area contributed by atoms with Gasteiger partial charge in [0.2, 0.25) is 11.8 Å². The maximum Gasteiger partial charge on any atom is 0.490 e. The van der Waals surface area contributed by atoms with Gasteiger partial charge in [-0.25, -0.2) is 4.79 Å². The number of carboxylic acid groups (broad SMARTS) is 2. The van der Waals surface area contributed by atoms with Gasteiger partial charge < -0.3 is 27.4 Å². The number of carboxylic acids is 2.